The van der Waals surface area contributed by atoms with E-state index in [1.54, 1.807) is 0 Å². The molecule has 0 bridgehead atoms. The maximum atomic E-state index is 13.6. The van der Waals surface area contributed by atoms with Crippen molar-refractivity contribution in [3.63, 3.8) is 0 Å². The quantitative estimate of drug-likeness (QED) is 0.858. The number of carbonyl (C=O) groups excluding carboxylic acids is 1. The fraction of sp³-hybridized carbons (Fsp3) is 0.0714. The Labute approximate surface area is 121 Å². The largest absolute Gasteiger partial charge is 0.319 e. The number of hydrogen-bond donors (Lipinski definition) is 1. The highest BCUT2D eigenvalue weighted by molar-refractivity contribution is 9.10. The molecule has 2 rings (SSSR count). The van der Waals surface area contributed by atoms with Gasteiger partial charge in [-0.05, 0) is 52.7 Å². The summed E-state index contributed by atoms with van der Waals surface area (Å²) in [6.07, 6.45) is 0. The topological polar surface area (TPSA) is 29.1 Å². The van der Waals surface area contributed by atoms with Crippen LogP contribution in [-0.2, 0) is 0 Å². The molecule has 20 heavy (non-hydrogen) atoms. The minimum atomic E-state index is -0.759. The Kier molecular flexibility index (Phi) is 4.13. The van der Waals surface area contributed by atoms with Crippen LogP contribution < -0.4 is 5.32 Å². The molecule has 0 atom stereocenters. The third-order valence-corrected chi connectivity index (χ3v) is 3.36. The molecule has 2 aromatic carbocycles. The van der Waals surface area contributed by atoms with Crippen LogP contribution in [0, 0.1) is 24.4 Å². The van der Waals surface area contributed by atoms with Gasteiger partial charge in [0.25, 0.3) is 5.91 Å². The molecule has 104 valence electrons. The van der Waals surface area contributed by atoms with Crippen molar-refractivity contribution < 1.29 is 18.0 Å². The number of halogens is 4. The fourth-order valence-corrected chi connectivity index (χ4v) is 2.03. The molecular formula is C14H9BrF3NO. The summed E-state index contributed by atoms with van der Waals surface area (Å²) in [4.78, 5) is 11.9. The molecule has 0 aromatic heterocycles. The van der Waals surface area contributed by atoms with E-state index in [-0.39, 0.29) is 16.8 Å². The van der Waals surface area contributed by atoms with Crippen LogP contribution in [0.1, 0.15) is 15.9 Å². The van der Waals surface area contributed by atoms with E-state index in [9.17, 15) is 18.0 Å². The third kappa shape index (κ3) is 3.01. The van der Waals surface area contributed by atoms with Gasteiger partial charge in [0.2, 0.25) is 0 Å². The zero-order valence-electron chi connectivity index (χ0n) is 10.3. The second-order valence-corrected chi connectivity index (χ2v) is 5.01. The normalized spacial score (nSPS) is 10.4. The van der Waals surface area contributed by atoms with Crippen molar-refractivity contribution in [1.29, 1.82) is 0 Å². The summed E-state index contributed by atoms with van der Waals surface area (Å²) < 4.78 is 40.4. The van der Waals surface area contributed by atoms with Crippen molar-refractivity contribution in [2.45, 2.75) is 6.92 Å². The second kappa shape index (κ2) is 5.66. The monoisotopic (exact) mass is 343 g/mol. The van der Waals surface area contributed by atoms with Crippen molar-refractivity contribution in [3.05, 3.63) is 63.4 Å². The van der Waals surface area contributed by atoms with Crippen LogP contribution in [0.2, 0.25) is 0 Å². The Balaban J connectivity index is 2.32. The molecule has 6 heteroatoms. The van der Waals surface area contributed by atoms with E-state index in [1.165, 1.54) is 19.1 Å². The van der Waals surface area contributed by atoms with Gasteiger partial charge in [0, 0.05) is 10.5 Å². The molecule has 1 amide bonds. The Bertz CT molecular complexity index is 688. The van der Waals surface area contributed by atoms with Gasteiger partial charge in [-0.1, -0.05) is 0 Å². The highest BCUT2D eigenvalue weighted by Crippen LogP contribution is 2.22. The van der Waals surface area contributed by atoms with Crippen LogP contribution in [0.5, 0.6) is 0 Å². The molecule has 0 spiro atoms. The number of amides is 1. The summed E-state index contributed by atoms with van der Waals surface area (Å²) in [5, 5.41) is 2.21. The zero-order valence-corrected chi connectivity index (χ0v) is 11.9. The molecule has 0 fully saturated rings. The maximum Gasteiger partial charge on any atom is 0.256 e. The molecule has 0 aliphatic rings. The smallest absolute Gasteiger partial charge is 0.256 e. The lowest BCUT2D eigenvalue weighted by molar-refractivity contribution is 0.102. The molecular weight excluding hydrogens is 335 g/mol. The lowest BCUT2D eigenvalue weighted by Crippen LogP contribution is -2.14. The predicted octanol–water partition coefficient (Wildman–Crippen LogP) is 4.43. The van der Waals surface area contributed by atoms with Gasteiger partial charge in [0.1, 0.15) is 17.5 Å². The predicted molar refractivity (Wildman–Crippen MR) is 73.1 cm³/mol. The van der Waals surface area contributed by atoms with Gasteiger partial charge >= 0.3 is 0 Å². The first-order valence-corrected chi connectivity index (χ1v) is 6.40. The molecule has 2 aromatic rings. The molecule has 0 unspecified atom stereocenters. The molecule has 0 saturated heterocycles. The Morgan fingerprint density at radius 3 is 2.50 bits per heavy atom. The van der Waals surface area contributed by atoms with Crippen LogP contribution in [0.4, 0.5) is 18.9 Å². The second-order valence-electron chi connectivity index (χ2n) is 4.16. The standard InChI is InChI=1S/C14H9BrF3NO/c1-7-4-12(18)13(6-11(7)17)19-14(20)9-5-8(16)2-3-10(9)15/h2-6H,1H3,(H,19,20). The summed E-state index contributed by atoms with van der Waals surface area (Å²) in [7, 11) is 0. The zero-order chi connectivity index (χ0) is 14.9. The molecule has 1 N–H and O–H groups in total. The van der Waals surface area contributed by atoms with Crippen LogP contribution in [0.15, 0.2) is 34.8 Å². The van der Waals surface area contributed by atoms with E-state index in [2.05, 4.69) is 21.2 Å². The van der Waals surface area contributed by atoms with Crippen molar-refractivity contribution in [2.75, 3.05) is 5.32 Å². The average Bonchev–Trinajstić information content (AvgIpc) is 2.38. The van der Waals surface area contributed by atoms with Crippen LogP contribution in [0.3, 0.4) is 0 Å². The van der Waals surface area contributed by atoms with Gasteiger partial charge in [-0.15, -0.1) is 0 Å². The van der Waals surface area contributed by atoms with Crippen LogP contribution in [-0.4, -0.2) is 5.91 Å². The molecule has 0 aliphatic heterocycles. The van der Waals surface area contributed by atoms with Gasteiger partial charge in [-0.3, -0.25) is 4.79 Å². The van der Waals surface area contributed by atoms with E-state index in [1.807, 2.05) is 0 Å². The van der Waals surface area contributed by atoms with Gasteiger partial charge in [0.15, 0.2) is 0 Å². The number of anilines is 1. The highest BCUT2D eigenvalue weighted by atomic mass is 79.9. The number of carbonyl (C=O) groups is 1. The SMILES string of the molecule is Cc1cc(F)c(NC(=O)c2cc(F)ccc2Br)cc1F. The first-order valence-electron chi connectivity index (χ1n) is 5.60. The summed E-state index contributed by atoms with van der Waals surface area (Å²) >= 11 is 3.09. The molecule has 2 nitrogen and oxygen atoms in total. The average molecular weight is 344 g/mol. The third-order valence-electron chi connectivity index (χ3n) is 2.67. The van der Waals surface area contributed by atoms with E-state index in [0.29, 0.717) is 4.47 Å². The minimum Gasteiger partial charge on any atom is -0.319 e. The van der Waals surface area contributed by atoms with Gasteiger partial charge in [-0.25, -0.2) is 13.2 Å². The minimum absolute atomic E-state index is 0.00890. The van der Waals surface area contributed by atoms with Gasteiger partial charge in [-0.2, -0.15) is 0 Å². The summed E-state index contributed by atoms with van der Waals surface area (Å²) in [6, 6.07) is 5.40. The number of aryl methyl sites for hydroxylation is 1. The number of benzene rings is 2. The van der Waals surface area contributed by atoms with Crippen molar-refractivity contribution >= 4 is 27.5 Å². The van der Waals surface area contributed by atoms with E-state index < -0.39 is 23.4 Å². The number of rotatable bonds is 2. The lowest BCUT2D eigenvalue weighted by Gasteiger charge is -2.09. The Morgan fingerprint density at radius 2 is 1.80 bits per heavy atom. The fourth-order valence-electron chi connectivity index (χ4n) is 1.60. The van der Waals surface area contributed by atoms with E-state index >= 15 is 0 Å². The summed E-state index contributed by atoms with van der Waals surface area (Å²) in [5.41, 5.74) is -0.174. The Hall–Kier alpha value is -1.82. The van der Waals surface area contributed by atoms with Crippen molar-refractivity contribution in [1.82, 2.24) is 0 Å². The summed E-state index contributed by atoms with van der Waals surface area (Å²) in [6.45, 7) is 1.41. The number of nitrogens with one attached hydrogen (secondary N) is 1. The van der Waals surface area contributed by atoms with E-state index in [4.69, 9.17) is 0 Å². The summed E-state index contributed by atoms with van der Waals surface area (Å²) in [5.74, 6) is -2.74. The maximum absolute atomic E-state index is 13.6. The number of hydrogen-bond acceptors (Lipinski definition) is 1. The first-order chi connectivity index (χ1) is 9.38. The lowest BCUT2D eigenvalue weighted by atomic mass is 10.1. The van der Waals surface area contributed by atoms with Crippen LogP contribution >= 0.6 is 15.9 Å². The molecule has 0 aliphatic carbocycles. The van der Waals surface area contributed by atoms with Crippen molar-refractivity contribution in [2.24, 2.45) is 0 Å². The van der Waals surface area contributed by atoms with Gasteiger partial charge in [0.05, 0.1) is 11.3 Å². The van der Waals surface area contributed by atoms with Crippen LogP contribution in [0.25, 0.3) is 0 Å². The molecule has 0 saturated carbocycles. The molecule has 0 radical (unpaired) electrons. The van der Waals surface area contributed by atoms with Gasteiger partial charge < -0.3 is 5.32 Å². The molecule has 0 heterocycles. The Morgan fingerprint density at radius 1 is 1.10 bits per heavy atom. The van der Waals surface area contributed by atoms with E-state index in [0.717, 1.165) is 18.2 Å². The highest BCUT2D eigenvalue weighted by Gasteiger charge is 2.15. The van der Waals surface area contributed by atoms with Crippen molar-refractivity contribution in [3.8, 4) is 0 Å². The first kappa shape index (κ1) is 14.6.